The number of hydrogen-bond acceptors (Lipinski definition) is 5. The second kappa shape index (κ2) is 8.02. The molecule has 3 rings (SSSR count). The molecule has 7 heteroatoms. The number of Topliss-reactive ketones (excluding diaryl/α,β-unsaturated/α-hetero) is 1. The molecule has 2 aromatic rings. The van der Waals surface area contributed by atoms with Crippen LogP contribution in [0.15, 0.2) is 42.5 Å². The van der Waals surface area contributed by atoms with Crippen LogP contribution in [-0.4, -0.2) is 42.3 Å². The maximum absolute atomic E-state index is 13.0. The van der Waals surface area contributed by atoms with Crippen molar-refractivity contribution in [3.8, 4) is 11.5 Å². The van der Waals surface area contributed by atoms with Gasteiger partial charge >= 0.3 is 0 Å². The van der Waals surface area contributed by atoms with Crippen molar-refractivity contribution < 1.29 is 23.9 Å². The number of rotatable bonds is 5. The Morgan fingerprint density at radius 3 is 2.61 bits per heavy atom. The van der Waals surface area contributed by atoms with Crippen LogP contribution in [0.25, 0.3) is 0 Å². The van der Waals surface area contributed by atoms with Crippen molar-refractivity contribution in [1.82, 2.24) is 4.90 Å². The first kappa shape index (κ1) is 19.9. The number of para-hydroxylation sites is 1. The van der Waals surface area contributed by atoms with Gasteiger partial charge in [0.15, 0.2) is 11.9 Å². The van der Waals surface area contributed by atoms with E-state index in [2.05, 4.69) is 0 Å². The number of ketones is 1. The molecule has 0 bridgehead atoms. The molecule has 0 saturated carbocycles. The van der Waals surface area contributed by atoms with Crippen LogP contribution >= 0.6 is 11.6 Å². The largest absolute Gasteiger partial charge is 0.496 e. The lowest BCUT2D eigenvalue weighted by atomic mass is 10.0. The molecule has 0 saturated heterocycles. The van der Waals surface area contributed by atoms with Crippen molar-refractivity contribution in [3.63, 3.8) is 0 Å². The Labute approximate surface area is 168 Å². The van der Waals surface area contributed by atoms with Crippen LogP contribution in [0.1, 0.15) is 34.6 Å². The number of carbonyl (C=O) groups is 3. The molecule has 146 valence electrons. The molecule has 1 heterocycles. The fraction of sp³-hybridized carbons (Fsp3) is 0.286. The Balaban J connectivity index is 2.00. The summed E-state index contributed by atoms with van der Waals surface area (Å²) in [7, 11) is 1.43. The normalized spacial score (nSPS) is 16.5. The second-order valence-corrected chi connectivity index (χ2v) is 7.21. The van der Waals surface area contributed by atoms with Gasteiger partial charge in [-0.25, -0.2) is 0 Å². The SMILES string of the molecule is COc1ccc(Cl)cc1C(=O)CN1C(=O)c2ccccc2OC(C(C)C)C1=O. The van der Waals surface area contributed by atoms with Crippen molar-refractivity contribution >= 4 is 29.2 Å². The fourth-order valence-electron chi connectivity index (χ4n) is 3.03. The summed E-state index contributed by atoms with van der Waals surface area (Å²) in [5.74, 6) is -1.12. The van der Waals surface area contributed by atoms with Gasteiger partial charge in [0.2, 0.25) is 0 Å². The highest BCUT2D eigenvalue weighted by atomic mass is 35.5. The molecule has 0 aromatic heterocycles. The van der Waals surface area contributed by atoms with Gasteiger partial charge in [0.25, 0.3) is 11.8 Å². The van der Waals surface area contributed by atoms with Gasteiger partial charge in [0.1, 0.15) is 11.5 Å². The average Bonchev–Trinajstić information content (AvgIpc) is 2.78. The summed E-state index contributed by atoms with van der Waals surface area (Å²) < 4.78 is 11.0. The van der Waals surface area contributed by atoms with Gasteiger partial charge in [-0.1, -0.05) is 37.6 Å². The lowest BCUT2D eigenvalue weighted by Crippen LogP contribution is -2.47. The number of ether oxygens (including phenoxy) is 2. The molecular weight excluding hydrogens is 382 g/mol. The van der Waals surface area contributed by atoms with Crippen LogP contribution < -0.4 is 9.47 Å². The van der Waals surface area contributed by atoms with Crippen LogP contribution in [0.4, 0.5) is 0 Å². The lowest BCUT2D eigenvalue weighted by Gasteiger charge is -2.24. The van der Waals surface area contributed by atoms with E-state index >= 15 is 0 Å². The average molecular weight is 402 g/mol. The zero-order valence-corrected chi connectivity index (χ0v) is 16.5. The Bertz CT molecular complexity index is 940. The van der Waals surface area contributed by atoms with Crippen molar-refractivity contribution in [2.24, 2.45) is 5.92 Å². The Morgan fingerprint density at radius 1 is 1.21 bits per heavy atom. The molecule has 0 spiro atoms. The number of amides is 2. The molecule has 1 atom stereocenters. The maximum atomic E-state index is 13.0. The quantitative estimate of drug-likeness (QED) is 0.565. The molecule has 2 aromatic carbocycles. The third-order valence-corrected chi connectivity index (χ3v) is 4.73. The number of imide groups is 1. The van der Waals surface area contributed by atoms with Crippen molar-refractivity contribution in [3.05, 3.63) is 58.6 Å². The smallest absolute Gasteiger partial charge is 0.271 e. The zero-order valence-electron chi connectivity index (χ0n) is 15.8. The molecule has 1 aliphatic rings. The minimum absolute atomic E-state index is 0.190. The summed E-state index contributed by atoms with van der Waals surface area (Å²) in [6.45, 7) is 3.21. The number of carbonyl (C=O) groups excluding carboxylic acids is 3. The third kappa shape index (κ3) is 3.73. The molecule has 0 aliphatic carbocycles. The summed E-state index contributed by atoms with van der Waals surface area (Å²) in [5, 5.41) is 0.353. The van der Waals surface area contributed by atoms with E-state index in [-0.39, 0.29) is 17.0 Å². The Hall–Kier alpha value is -2.86. The monoisotopic (exact) mass is 401 g/mol. The molecule has 28 heavy (non-hydrogen) atoms. The highest BCUT2D eigenvalue weighted by molar-refractivity contribution is 6.31. The molecule has 6 nitrogen and oxygen atoms in total. The second-order valence-electron chi connectivity index (χ2n) is 6.78. The summed E-state index contributed by atoms with van der Waals surface area (Å²) >= 11 is 6.00. The maximum Gasteiger partial charge on any atom is 0.271 e. The molecule has 1 aliphatic heterocycles. The molecular formula is C21H20ClNO5. The standard InChI is InChI=1S/C21H20ClNO5/c1-12(2)19-21(26)23(20(25)14-6-4-5-7-18(14)28-19)11-16(24)15-10-13(22)8-9-17(15)27-3/h4-10,12,19H,11H2,1-3H3. The van der Waals surface area contributed by atoms with E-state index in [1.165, 1.54) is 13.2 Å². The van der Waals surface area contributed by atoms with Gasteiger partial charge in [0, 0.05) is 5.02 Å². The van der Waals surface area contributed by atoms with E-state index in [1.54, 1.807) is 36.4 Å². The van der Waals surface area contributed by atoms with E-state index in [9.17, 15) is 14.4 Å². The van der Waals surface area contributed by atoms with Crippen LogP contribution in [-0.2, 0) is 4.79 Å². The van der Waals surface area contributed by atoms with Crippen LogP contribution in [0.5, 0.6) is 11.5 Å². The number of nitrogens with zero attached hydrogens (tertiary/aromatic N) is 1. The minimum atomic E-state index is -0.873. The van der Waals surface area contributed by atoms with Crippen molar-refractivity contribution in [1.29, 1.82) is 0 Å². The topological polar surface area (TPSA) is 72.9 Å². The summed E-state index contributed by atoms with van der Waals surface area (Å²) in [5.41, 5.74) is 0.444. The van der Waals surface area contributed by atoms with Gasteiger partial charge in [-0.15, -0.1) is 0 Å². The van der Waals surface area contributed by atoms with Gasteiger partial charge < -0.3 is 9.47 Å². The van der Waals surface area contributed by atoms with Gasteiger partial charge in [0.05, 0.1) is 24.8 Å². The Kier molecular flexibility index (Phi) is 5.70. The number of fused-ring (bicyclic) bond motifs is 1. The first-order chi connectivity index (χ1) is 13.3. The van der Waals surface area contributed by atoms with E-state index < -0.39 is 30.2 Å². The van der Waals surface area contributed by atoms with Gasteiger partial charge in [-0.3, -0.25) is 19.3 Å². The fourth-order valence-corrected chi connectivity index (χ4v) is 3.20. The van der Waals surface area contributed by atoms with Gasteiger partial charge in [-0.2, -0.15) is 0 Å². The van der Waals surface area contributed by atoms with Crippen LogP contribution in [0.2, 0.25) is 5.02 Å². The highest BCUT2D eigenvalue weighted by Gasteiger charge is 2.39. The molecule has 1 unspecified atom stereocenters. The number of benzene rings is 2. The van der Waals surface area contributed by atoms with Crippen molar-refractivity contribution in [2.75, 3.05) is 13.7 Å². The summed E-state index contributed by atoms with van der Waals surface area (Å²) in [6.07, 6.45) is -0.873. The summed E-state index contributed by atoms with van der Waals surface area (Å²) in [6, 6.07) is 11.2. The zero-order chi connectivity index (χ0) is 20.4. The minimum Gasteiger partial charge on any atom is -0.496 e. The molecule has 0 radical (unpaired) electrons. The third-order valence-electron chi connectivity index (χ3n) is 4.50. The predicted octanol–water partition coefficient (Wildman–Crippen LogP) is 3.62. The molecule has 2 amide bonds. The molecule has 0 fully saturated rings. The van der Waals surface area contributed by atoms with E-state index in [0.29, 0.717) is 16.5 Å². The number of halogens is 1. The first-order valence-corrected chi connectivity index (χ1v) is 9.19. The van der Waals surface area contributed by atoms with E-state index in [0.717, 1.165) is 4.90 Å². The first-order valence-electron chi connectivity index (χ1n) is 8.81. The number of hydrogen-bond donors (Lipinski definition) is 0. The van der Waals surface area contributed by atoms with Crippen LogP contribution in [0, 0.1) is 5.92 Å². The lowest BCUT2D eigenvalue weighted by molar-refractivity contribution is -0.136. The highest BCUT2D eigenvalue weighted by Crippen LogP contribution is 2.29. The summed E-state index contributed by atoms with van der Waals surface area (Å²) in [4.78, 5) is 39.9. The van der Waals surface area contributed by atoms with E-state index in [1.807, 2.05) is 13.8 Å². The van der Waals surface area contributed by atoms with Crippen LogP contribution in [0.3, 0.4) is 0 Å². The molecule has 0 N–H and O–H groups in total. The van der Waals surface area contributed by atoms with Crippen molar-refractivity contribution in [2.45, 2.75) is 20.0 Å². The Morgan fingerprint density at radius 2 is 1.93 bits per heavy atom. The predicted molar refractivity (Wildman–Crippen MR) is 104 cm³/mol. The van der Waals surface area contributed by atoms with Gasteiger partial charge in [-0.05, 0) is 36.2 Å². The van der Waals surface area contributed by atoms with E-state index in [4.69, 9.17) is 21.1 Å². The number of methoxy groups -OCH3 is 1.